The van der Waals surface area contributed by atoms with Crippen LogP contribution in [0.1, 0.15) is 68.7 Å². The minimum absolute atomic E-state index is 0.543. The predicted octanol–water partition coefficient (Wildman–Crippen LogP) is 8.19. The molecule has 6 heteroatoms. The van der Waals surface area contributed by atoms with Gasteiger partial charge < -0.3 is 23.9 Å². The van der Waals surface area contributed by atoms with Gasteiger partial charge in [-0.1, -0.05) is 98.1 Å². The molecule has 2 aromatic carbocycles. The number of hydrogen-bond acceptors (Lipinski definition) is 5. The Labute approximate surface area is 257 Å². The highest BCUT2D eigenvalue weighted by atomic mass is 28.4. The standard InChI is InChI=1S/C36H54N2O3Si/c1-6-32-18-22-35(23-19-32)30-37-27-14-11-12-16-34(26-29-42(39-8-3,40-9-4)41-10-5)17-13-15-28-38-31-36-24-20-33(7-2)21-25-36/h6-7,11,13-15,18-25,34,37-38H,1-2,8-10,12,16-17,26-31H2,3-5H3. The summed E-state index contributed by atoms with van der Waals surface area (Å²) < 4.78 is 18.4. The van der Waals surface area contributed by atoms with E-state index in [1.807, 2.05) is 32.9 Å². The second kappa shape index (κ2) is 22.0. The number of allylic oxidation sites excluding steroid dienone is 2. The molecule has 0 spiro atoms. The average molecular weight is 591 g/mol. The normalized spacial score (nSPS) is 12.7. The van der Waals surface area contributed by atoms with E-state index >= 15 is 0 Å². The van der Waals surface area contributed by atoms with Crippen molar-refractivity contribution in [1.29, 1.82) is 0 Å². The van der Waals surface area contributed by atoms with Gasteiger partial charge in [-0.2, -0.15) is 0 Å². The SMILES string of the molecule is C=Cc1ccc(CNCC=CCCC(CC=CCNCc2ccc(C=C)cc2)CC[Si](OCC)(OCC)OCC)cc1. The molecule has 1 unspecified atom stereocenters. The lowest BCUT2D eigenvalue weighted by Gasteiger charge is -2.29. The lowest BCUT2D eigenvalue weighted by Crippen LogP contribution is -2.46. The molecule has 0 radical (unpaired) electrons. The van der Waals surface area contributed by atoms with Gasteiger partial charge >= 0.3 is 8.80 Å². The van der Waals surface area contributed by atoms with Gasteiger partial charge in [-0.05, 0) is 74.6 Å². The summed E-state index contributed by atoms with van der Waals surface area (Å²) in [7, 11) is -2.64. The van der Waals surface area contributed by atoms with Crippen LogP contribution in [-0.4, -0.2) is 41.7 Å². The molecule has 1 atom stereocenters. The van der Waals surface area contributed by atoms with Gasteiger partial charge in [0, 0.05) is 52.0 Å². The van der Waals surface area contributed by atoms with Gasteiger partial charge in [-0.25, -0.2) is 0 Å². The van der Waals surface area contributed by atoms with Crippen LogP contribution in [0, 0.1) is 5.92 Å². The minimum Gasteiger partial charge on any atom is -0.374 e. The highest BCUT2D eigenvalue weighted by molar-refractivity contribution is 6.60. The molecule has 230 valence electrons. The maximum absolute atomic E-state index is 6.13. The Bertz CT molecular complexity index is 1030. The van der Waals surface area contributed by atoms with E-state index in [0.29, 0.717) is 25.7 Å². The summed E-state index contributed by atoms with van der Waals surface area (Å²) in [6.45, 7) is 19.0. The summed E-state index contributed by atoms with van der Waals surface area (Å²) in [5.74, 6) is 0.543. The van der Waals surface area contributed by atoms with Crippen molar-refractivity contribution in [3.05, 3.63) is 108 Å². The fourth-order valence-corrected chi connectivity index (χ4v) is 7.57. The number of rotatable bonds is 24. The summed E-state index contributed by atoms with van der Waals surface area (Å²) in [4.78, 5) is 0. The van der Waals surface area contributed by atoms with Crippen molar-refractivity contribution in [3.63, 3.8) is 0 Å². The first-order valence-corrected chi connectivity index (χ1v) is 17.6. The second-order valence-corrected chi connectivity index (χ2v) is 13.0. The maximum Gasteiger partial charge on any atom is 0.500 e. The molecule has 0 amide bonds. The number of benzene rings is 2. The van der Waals surface area contributed by atoms with Gasteiger partial charge in [0.15, 0.2) is 0 Å². The highest BCUT2D eigenvalue weighted by Gasteiger charge is 2.40. The van der Waals surface area contributed by atoms with Crippen LogP contribution in [0.4, 0.5) is 0 Å². The van der Waals surface area contributed by atoms with Crippen LogP contribution in [0.2, 0.25) is 6.04 Å². The smallest absolute Gasteiger partial charge is 0.374 e. The molecule has 0 aromatic heterocycles. The molecule has 0 aliphatic heterocycles. The first kappa shape index (κ1) is 35.6. The van der Waals surface area contributed by atoms with E-state index in [2.05, 4.69) is 96.6 Å². The third-order valence-electron chi connectivity index (χ3n) is 7.11. The molecule has 0 fully saturated rings. The van der Waals surface area contributed by atoms with E-state index < -0.39 is 8.80 Å². The molecule has 2 N–H and O–H groups in total. The Morgan fingerprint density at radius 1 is 0.667 bits per heavy atom. The molecule has 0 heterocycles. The summed E-state index contributed by atoms with van der Waals surface area (Å²) in [5.41, 5.74) is 4.86. The lowest BCUT2D eigenvalue weighted by atomic mass is 9.96. The Hall–Kier alpha value is -2.58. The van der Waals surface area contributed by atoms with Crippen LogP contribution in [0.3, 0.4) is 0 Å². The van der Waals surface area contributed by atoms with E-state index in [4.69, 9.17) is 13.3 Å². The number of nitrogens with one attached hydrogen (secondary N) is 2. The average Bonchev–Trinajstić information content (AvgIpc) is 3.01. The predicted molar refractivity (Wildman–Crippen MR) is 182 cm³/mol. The monoisotopic (exact) mass is 590 g/mol. The molecule has 0 aliphatic rings. The Morgan fingerprint density at radius 2 is 1.14 bits per heavy atom. The summed E-state index contributed by atoms with van der Waals surface area (Å²) in [6, 6.07) is 17.9. The zero-order valence-corrected chi connectivity index (χ0v) is 27.3. The molecule has 0 saturated carbocycles. The van der Waals surface area contributed by atoms with Gasteiger partial charge in [0.25, 0.3) is 0 Å². The van der Waals surface area contributed by atoms with Crippen molar-refractivity contribution in [2.24, 2.45) is 5.92 Å². The van der Waals surface area contributed by atoms with E-state index in [1.165, 1.54) is 11.1 Å². The van der Waals surface area contributed by atoms with Crippen molar-refractivity contribution in [2.45, 2.75) is 65.6 Å². The van der Waals surface area contributed by atoms with E-state index in [0.717, 1.165) is 69.0 Å². The van der Waals surface area contributed by atoms with Gasteiger partial charge in [0.2, 0.25) is 0 Å². The van der Waals surface area contributed by atoms with Gasteiger partial charge in [-0.15, -0.1) is 0 Å². The van der Waals surface area contributed by atoms with Crippen molar-refractivity contribution in [2.75, 3.05) is 32.9 Å². The van der Waals surface area contributed by atoms with E-state index in [-0.39, 0.29) is 0 Å². The topological polar surface area (TPSA) is 51.8 Å². The van der Waals surface area contributed by atoms with Gasteiger partial charge in [0.05, 0.1) is 0 Å². The van der Waals surface area contributed by atoms with Gasteiger partial charge in [0.1, 0.15) is 0 Å². The molecule has 2 aromatic rings. The largest absolute Gasteiger partial charge is 0.500 e. The lowest BCUT2D eigenvalue weighted by molar-refractivity contribution is 0.0695. The summed E-state index contributed by atoms with van der Waals surface area (Å²) >= 11 is 0. The van der Waals surface area contributed by atoms with Crippen LogP contribution in [0.5, 0.6) is 0 Å². The molecule has 0 bridgehead atoms. The highest BCUT2D eigenvalue weighted by Crippen LogP contribution is 2.26. The quantitative estimate of drug-likeness (QED) is 0.0733. The molecule has 0 saturated heterocycles. The van der Waals surface area contributed by atoms with E-state index in [1.54, 1.807) is 0 Å². The van der Waals surface area contributed by atoms with Crippen LogP contribution in [-0.2, 0) is 26.4 Å². The van der Waals surface area contributed by atoms with Crippen LogP contribution in [0.15, 0.2) is 86.0 Å². The third kappa shape index (κ3) is 14.5. The van der Waals surface area contributed by atoms with Crippen LogP contribution < -0.4 is 10.6 Å². The molecule has 42 heavy (non-hydrogen) atoms. The Balaban J connectivity index is 1.84. The molecular weight excluding hydrogens is 536 g/mol. The van der Waals surface area contributed by atoms with Crippen molar-refractivity contribution in [3.8, 4) is 0 Å². The van der Waals surface area contributed by atoms with Crippen molar-refractivity contribution < 1.29 is 13.3 Å². The Kier molecular flexibility index (Phi) is 18.7. The first-order valence-electron chi connectivity index (χ1n) is 15.6. The first-order chi connectivity index (χ1) is 20.6. The summed E-state index contributed by atoms with van der Waals surface area (Å²) in [5, 5.41) is 7.03. The fourth-order valence-electron chi connectivity index (χ4n) is 4.81. The van der Waals surface area contributed by atoms with Crippen LogP contribution >= 0.6 is 0 Å². The molecule has 0 aliphatic carbocycles. The van der Waals surface area contributed by atoms with Gasteiger partial charge in [-0.3, -0.25) is 0 Å². The number of hydrogen-bond donors (Lipinski definition) is 2. The zero-order valence-electron chi connectivity index (χ0n) is 26.3. The molecule has 5 nitrogen and oxygen atoms in total. The summed E-state index contributed by atoms with van der Waals surface area (Å²) in [6.07, 6.45) is 17.1. The van der Waals surface area contributed by atoms with Crippen LogP contribution in [0.25, 0.3) is 12.2 Å². The zero-order chi connectivity index (χ0) is 30.3. The maximum atomic E-state index is 6.13. The Morgan fingerprint density at radius 3 is 1.60 bits per heavy atom. The molecule has 2 rings (SSSR count). The molecular formula is C36H54N2O3Si. The van der Waals surface area contributed by atoms with Crippen molar-refractivity contribution in [1.82, 2.24) is 10.6 Å². The van der Waals surface area contributed by atoms with Crippen molar-refractivity contribution >= 4 is 21.0 Å². The minimum atomic E-state index is -2.64. The fraction of sp³-hybridized carbons (Fsp3) is 0.444. The third-order valence-corrected chi connectivity index (χ3v) is 10.2. The second-order valence-electron chi connectivity index (χ2n) is 10.3. The van der Waals surface area contributed by atoms with E-state index in [9.17, 15) is 0 Å².